The number of nitrogens with zero attached hydrogens (tertiary/aromatic N) is 1. The molecular weight excluding hydrogens is 349 g/mol. The van der Waals surface area contributed by atoms with Crippen LogP contribution >= 0.6 is 24.8 Å². The first-order valence-electron chi connectivity index (χ1n) is 8.11. The number of rotatable bonds is 7. The van der Waals surface area contributed by atoms with Gasteiger partial charge < -0.3 is 21.1 Å². The first-order chi connectivity index (χ1) is 10.7. The van der Waals surface area contributed by atoms with Crippen molar-refractivity contribution in [2.24, 2.45) is 11.7 Å². The van der Waals surface area contributed by atoms with E-state index in [9.17, 15) is 9.90 Å². The molecule has 0 bridgehead atoms. The van der Waals surface area contributed by atoms with Gasteiger partial charge in [0.05, 0.1) is 6.10 Å². The molecule has 4 N–H and O–H groups in total. The van der Waals surface area contributed by atoms with Crippen molar-refractivity contribution in [3.05, 3.63) is 35.9 Å². The van der Waals surface area contributed by atoms with E-state index < -0.39 is 6.10 Å². The molecule has 0 saturated carbocycles. The summed E-state index contributed by atoms with van der Waals surface area (Å²) in [5, 5.41) is 13.2. The van der Waals surface area contributed by atoms with Crippen molar-refractivity contribution >= 4 is 30.7 Å². The number of aliphatic hydroxyl groups is 1. The lowest BCUT2D eigenvalue weighted by atomic mass is 9.96. The van der Waals surface area contributed by atoms with Gasteiger partial charge in [-0.05, 0) is 37.4 Å². The van der Waals surface area contributed by atoms with Gasteiger partial charge in [0.1, 0.15) is 0 Å². The third kappa shape index (κ3) is 7.81. The van der Waals surface area contributed by atoms with E-state index in [-0.39, 0.29) is 30.7 Å². The topological polar surface area (TPSA) is 78.6 Å². The fourth-order valence-corrected chi connectivity index (χ4v) is 2.88. The predicted octanol–water partition coefficient (Wildman–Crippen LogP) is 1.74. The molecule has 1 unspecified atom stereocenters. The van der Waals surface area contributed by atoms with Gasteiger partial charge >= 0.3 is 0 Å². The third-order valence-electron chi connectivity index (χ3n) is 4.28. The predicted molar refractivity (Wildman–Crippen MR) is 102 cm³/mol. The number of amides is 1. The molecule has 7 heteroatoms. The molecular formula is C17H29Cl2N3O2. The van der Waals surface area contributed by atoms with Gasteiger partial charge in [0.25, 0.3) is 0 Å². The Morgan fingerprint density at radius 2 is 1.88 bits per heavy atom. The minimum absolute atomic E-state index is 0. The molecule has 1 heterocycles. The van der Waals surface area contributed by atoms with E-state index in [2.05, 4.69) is 10.2 Å². The number of aliphatic hydroxyl groups excluding tert-OH is 1. The van der Waals surface area contributed by atoms with E-state index in [1.807, 2.05) is 30.3 Å². The second-order valence-corrected chi connectivity index (χ2v) is 6.01. The van der Waals surface area contributed by atoms with Crippen LogP contribution in [0.5, 0.6) is 0 Å². The average molecular weight is 378 g/mol. The Hall–Kier alpha value is -0.850. The number of halogens is 2. The molecule has 1 aromatic carbocycles. The van der Waals surface area contributed by atoms with E-state index in [0.29, 0.717) is 25.4 Å². The minimum Gasteiger partial charge on any atom is -0.387 e. The second-order valence-electron chi connectivity index (χ2n) is 6.01. The van der Waals surface area contributed by atoms with Gasteiger partial charge in [-0.15, -0.1) is 24.8 Å². The van der Waals surface area contributed by atoms with Crippen LogP contribution in [-0.2, 0) is 4.79 Å². The van der Waals surface area contributed by atoms with Crippen molar-refractivity contribution in [3.63, 3.8) is 0 Å². The van der Waals surface area contributed by atoms with E-state index in [4.69, 9.17) is 5.73 Å². The number of hydrogen-bond acceptors (Lipinski definition) is 4. The SMILES string of the molecule is Cl.Cl.NCCC(=O)NCC1CCN(CC(O)c2ccccc2)CC1. The average Bonchev–Trinajstić information content (AvgIpc) is 2.55. The molecule has 5 nitrogen and oxygen atoms in total. The summed E-state index contributed by atoms with van der Waals surface area (Å²) in [6.07, 6.45) is 2.10. The molecule has 138 valence electrons. The Bertz CT molecular complexity index is 454. The van der Waals surface area contributed by atoms with Crippen LogP contribution in [0, 0.1) is 5.92 Å². The first-order valence-corrected chi connectivity index (χ1v) is 8.11. The lowest BCUT2D eigenvalue weighted by Gasteiger charge is -2.33. The summed E-state index contributed by atoms with van der Waals surface area (Å²) in [6.45, 7) is 3.77. The van der Waals surface area contributed by atoms with Gasteiger partial charge in [0.2, 0.25) is 5.91 Å². The van der Waals surface area contributed by atoms with Crippen LogP contribution < -0.4 is 11.1 Å². The van der Waals surface area contributed by atoms with Crippen LogP contribution in [0.15, 0.2) is 30.3 Å². The molecule has 1 fully saturated rings. The number of likely N-dealkylation sites (tertiary alicyclic amines) is 1. The Balaban J connectivity index is 0.00000264. The minimum atomic E-state index is -0.429. The summed E-state index contributed by atoms with van der Waals surface area (Å²) in [5.41, 5.74) is 6.33. The zero-order chi connectivity index (χ0) is 15.8. The Morgan fingerprint density at radius 3 is 2.46 bits per heavy atom. The zero-order valence-electron chi connectivity index (χ0n) is 13.9. The van der Waals surface area contributed by atoms with Crippen molar-refractivity contribution in [3.8, 4) is 0 Å². The normalized spacial score (nSPS) is 16.6. The molecule has 1 atom stereocenters. The van der Waals surface area contributed by atoms with Crippen molar-refractivity contribution in [2.45, 2.75) is 25.4 Å². The molecule has 1 amide bonds. The Morgan fingerprint density at radius 1 is 1.25 bits per heavy atom. The zero-order valence-corrected chi connectivity index (χ0v) is 15.5. The molecule has 1 aliphatic rings. The molecule has 2 rings (SSSR count). The fraction of sp³-hybridized carbons (Fsp3) is 0.588. The van der Waals surface area contributed by atoms with Crippen LogP contribution in [0.1, 0.15) is 30.9 Å². The highest BCUT2D eigenvalue weighted by atomic mass is 35.5. The molecule has 24 heavy (non-hydrogen) atoms. The van der Waals surface area contributed by atoms with Gasteiger partial charge in [-0.25, -0.2) is 0 Å². The fourth-order valence-electron chi connectivity index (χ4n) is 2.88. The van der Waals surface area contributed by atoms with Crippen LogP contribution in [-0.4, -0.2) is 48.6 Å². The smallest absolute Gasteiger partial charge is 0.221 e. The summed E-state index contributed by atoms with van der Waals surface area (Å²) < 4.78 is 0. The van der Waals surface area contributed by atoms with Crippen LogP contribution in [0.3, 0.4) is 0 Å². The number of hydrogen-bond donors (Lipinski definition) is 3. The number of nitrogens with two attached hydrogens (primary N) is 1. The number of nitrogens with one attached hydrogen (secondary N) is 1. The molecule has 0 aromatic heterocycles. The Labute approximate surface area is 156 Å². The third-order valence-corrected chi connectivity index (χ3v) is 4.28. The second kappa shape index (κ2) is 12.5. The van der Waals surface area contributed by atoms with Crippen molar-refractivity contribution < 1.29 is 9.90 Å². The number of carbonyl (C=O) groups excluding carboxylic acids is 1. The number of benzene rings is 1. The van der Waals surface area contributed by atoms with Crippen LogP contribution in [0.2, 0.25) is 0 Å². The van der Waals surface area contributed by atoms with E-state index in [1.54, 1.807) is 0 Å². The summed E-state index contributed by atoms with van der Waals surface area (Å²) in [7, 11) is 0. The largest absolute Gasteiger partial charge is 0.387 e. The highest BCUT2D eigenvalue weighted by Crippen LogP contribution is 2.20. The maximum Gasteiger partial charge on any atom is 0.221 e. The molecule has 1 aliphatic heterocycles. The van der Waals surface area contributed by atoms with Gasteiger partial charge in [0, 0.05) is 26.1 Å². The van der Waals surface area contributed by atoms with Gasteiger partial charge in [-0.3, -0.25) is 4.79 Å². The molecule has 0 radical (unpaired) electrons. The van der Waals surface area contributed by atoms with Crippen LogP contribution in [0.4, 0.5) is 0 Å². The maximum absolute atomic E-state index is 11.4. The van der Waals surface area contributed by atoms with Crippen molar-refractivity contribution in [1.29, 1.82) is 0 Å². The summed E-state index contributed by atoms with van der Waals surface area (Å²) in [5.74, 6) is 0.580. The molecule has 0 spiro atoms. The highest BCUT2D eigenvalue weighted by molar-refractivity contribution is 5.85. The molecule has 1 aromatic rings. The number of β-amino-alcohol motifs (C(OH)–C–C–N with tert-alkyl or cyclic N) is 1. The standard InChI is InChI=1S/C17H27N3O2.2ClH/c18-9-6-17(22)19-12-14-7-10-20(11-8-14)13-16(21)15-4-2-1-3-5-15;;/h1-5,14,16,21H,6-13,18H2,(H,19,22);2*1H. The number of piperidine rings is 1. The van der Waals surface area contributed by atoms with Gasteiger partial charge in [0.15, 0.2) is 0 Å². The Kier molecular flexibility index (Phi) is 12.1. The van der Waals surface area contributed by atoms with E-state index in [1.165, 1.54) is 0 Å². The highest BCUT2D eigenvalue weighted by Gasteiger charge is 2.21. The number of carbonyl (C=O) groups is 1. The summed E-state index contributed by atoms with van der Waals surface area (Å²) >= 11 is 0. The quantitative estimate of drug-likeness (QED) is 0.676. The monoisotopic (exact) mass is 377 g/mol. The summed E-state index contributed by atoms with van der Waals surface area (Å²) in [6, 6.07) is 9.79. The molecule has 0 aliphatic carbocycles. The lowest BCUT2D eigenvalue weighted by molar-refractivity contribution is -0.121. The van der Waals surface area contributed by atoms with E-state index in [0.717, 1.165) is 38.0 Å². The molecule has 1 saturated heterocycles. The van der Waals surface area contributed by atoms with Crippen LogP contribution in [0.25, 0.3) is 0 Å². The van der Waals surface area contributed by atoms with Crippen molar-refractivity contribution in [1.82, 2.24) is 10.2 Å². The maximum atomic E-state index is 11.4. The van der Waals surface area contributed by atoms with E-state index >= 15 is 0 Å². The summed E-state index contributed by atoms with van der Waals surface area (Å²) in [4.78, 5) is 13.7. The lowest BCUT2D eigenvalue weighted by Crippen LogP contribution is -2.40. The van der Waals surface area contributed by atoms with Gasteiger partial charge in [-0.1, -0.05) is 30.3 Å². The van der Waals surface area contributed by atoms with Gasteiger partial charge in [-0.2, -0.15) is 0 Å². The van der Waals surface area contributed by atoms with Crippen molar-refractivity contribution in [2.75, 3.05) is 32.7 Å². The first kappa shape index (κ1) is 23.1.